The Balaban J connectivity index is 1.63. The van der Waals surface area contributed by atoms with Crippen LogP contribution in [0.2, 0.25) is 0 Å². The molecule has 0 unspecified atom stereocenters. The molecule has 2 saturated heterocycles. The van der Waals surface area contributed by atoms with E-state index in [1.165, 1.54) is 5.56 Å². The van der Waals surface area contributed by atoms with E-state index in [9.17, 15) is 18.0 Å². The standard InChI is InChI=1S/C20H28N2O4S/c1-3-4-5-15-6-8-17(9-7-15)22-13-16(12-19(22)23)20(24)21(2)18-10-11-27(25,26)14-18/h6-9,16,18H,3-5,10-14H2,1-2H3/t16-,18+/m1/s1. The molecule has 2 atom stereocenters. The molecular formula is C20H28N2O4S. The number of nitrogens with zero attached hydrogens (tertiary/aromatic N) is 2. The molecule has 3 rings (SSSR count). The molecule has 0 aromatic heterocycles. The molecule has 7 heteroatoms. The van der Waals surface area contributed by atoms with Crippen molar-refractivity contribution in [3.8, 4) is 0 Å². The smallest absolute Gasteiger partial charge is 0.228 e. The molecule has 6 nitrogen and oxygen atoms in total. The number of anilines is 1. The van der Waals surface area contributed by atoms with Gasteiger partial charge in [0.05, 0.1) is 17.4 Å². The van der Waals surface area contributed by atoms with Gasteiger partial charge in [-0.15, -0.1) is 0 Å². The third-order valence-electron chi connectivity index (χ3n) is 5.65. The van der Waals surface area contributed by atoms with Gasteiger partial charge >= 0.3 is 0 Å². The van der Waals surface area contributed by atoms with E-state index in [0.29, 0.717) is 13.0 Å². The molecule has 2 heterocycles. The highest BCUT2D eigenvalue weighted by molar-refractivity contribution is 7.91. The minimum absolute atomic E-state index is 0.0266. The van der Waals surface area contributed by atoms with E-state index in [1.54, 1.807) is 16.8 Å². The summed E-state index contributed by atoms with van der Waals surface area (Å²) < 4.78 is 23.3. The SMILES string of the molecule is CCCCc1ccc(N2C[C@H](C(=O)N(C)[C@H]3CCS(=O)(=O)C3)CC2=O)cc1. The fourth-order valence-corrected chi connectivity index (χ4v) is 5.67. The van der Waals surface area contributed by atoms with Crippen LogP contribution in [0.1, 0.15) is 38.2 Å². The summed E-state index contributed by atoms with van der Waals surface area (Å²) in [5, 5.41) is 0. The van der Waals surface area contributed by atoms with E-state index >= 15 is 0 Å². The van der Waals surface area contributed by atoms with Crippen LogP contribution >= 0.6 is 0 Å². The van der Waals surface area contributed by atoms with Gasteiger partial charge in [-0.2, -0.15) is 0 Å². The molecule has 0 saturated carbocycles. The summed E-state index contributed by atoms with van der Waals surface area (Å²) in [4.78, 5) is 28.5. The predicted molar refractivity (Wildman–Crippen MR) is 105 cm³/mol. The number of aryl methyl sites for hydroxylation is 1. The van der Waals surface area contributed by atoms with Gasteiger partial charge in [-0.05, 0) is 37.0 Å². The molecule has 0 N–H and O–H groups in total. The molecule has 2 aliphatic rings. The highest BCUT2D eigenvalue weighted by Crippen LogP contribution is 2.28. The Morgan fingerprint density at radius 3 is 2.56 bits per heavy atom. The largest absolute Gasteiger partial charge is 0.341 e. The van der Waals surface area contributed by atoms with Crippen molar-refractivity contribution in [2.75, 3.05) is 30.0 Å². The zero-order chi connectivity index (χ0) is 19.6. The monoisotopic (exact) mass is 392 g/mol. The van der Waals surface area contributed by atoms with Crippen molar-refractivity contribution in [1.82, 2.24) is 4.90 Å². The lowest BCUT2D eigenvalue weighted by molar-refractivity contribution is -0.136. The minimum atomic E-state index is -3.04. The van der Waals surface area contributed by atoms with Crippen molar-refractivity contribution in [2.24, 2.45) is 5.92 Å². The first-order valence-corrected chi connectivity index (χ1v) is 11.5. The van der Waals surface area contributed by atoms with Gasteiger partial charge in [0.15, 0.2) is 9.84 Å². The van der Waals surface area contributed by atoms with Crippen LogP contribution in [0.15, 0.2) is 24.3 Å². The summed E-state index contributed by atoms with van der Waals surface area (Å²) in [6, 6.07) is 7.71. The summed E-state index contributed by atoms with van der Waals surface area (Å²) in [5.74, 6) is -0.436. The lowest BCUT2D eigenvalue weighted by atomic mass is 10.1. The molecule has 148 valence electrons. The number of unbranched alkanes of at least 4 members (excludes halogenated alkanes) is 1. The van der Waals surface area contributed by atoms with Crippen molar-refractivity contribution in [2.45, 2.75) is 45.1 Å². The van der Waals surface area contributed by atoms with Crippen molar-refractivity contribution >= 4 is 27.3 Å². The fourth-order valence-electron chi connectivity index (χ4n) is 3.89. The van der Waals surface area contributed by atoms with E-state index in [1.807, 2.05) is 24.3 Å². The Morgan fingerprint density at radius 2 is 1.96 bits per heavy atom. The highest BCUT2D eigenvalue weighted by atomic mass is 32.2. The molecule has 2 fully saturated rings. The Labute approximate surface area is 161 Å². The number of hydrogen-bond acceptors (Lipinski definition) is 4. The summed E-state index contributed by atoms with van der Waals surface area (Å²) >= 11 is 0. The second kappa shape index (κ2) is 8.00. The quantitative estimate of drug-likeness (QED) is 0.742. The van der Waals surface area contributed by atoms with Crippen molar-refractivity contribution in [3.63, 3.8) is 0 Å². The number of benzene rings is 1. The number of sulfone groups is 1. The number of rotatable bonds is 6. The second-order valence-corrected chi connectivity index (χ2v) is 9.91. The van der Waals surface area contributed by atoms with Gasteiger partial charge in [-0.25, -0.2) is 8.42 Å². The van der Waals surface area contributed by atoms with Crippen LogP contribution < -0.4 is 4.90 Å². The number of carbonyl (C=O) groups excluding carboxylic acids is 2. The minimum Gasteiger partial charge on any atom is -0.341 e. The number of hydrogen-bond donors (Lipinski definition) is 0. The molecule has 0 bridgehead atoms. The Hall–Kier alpha value is -1.89. The van der Waals surface area contributed by atoms with Crippen LogP contribution in [0.25, 0.3) is 0 Å². The number of carbonyl (C=O) groups is 2. The van der Waals surface area contributed by atoms with Crippen molar-refractivity contribution in [1.29, 1.82) is 0 Å². The maximum atomic E-state index is 12.8. The molecule has 1 aromatic rings. The van der Waals surface area contributed by atoms with Gasteiger partial charge in [-0.3, -0.25) is 9.59 Å². The Kier molecular flexibility index (Phi) is 5.89. The van der Waals surface area contributed by atoms with Crippen LogP contribution in [0.4, 0.5) is 5.69 Å². The van der Waals surface area contributed by atoms with Gasteiger partial charge in [0.1, 0.15) is 0 Å². The van der Waals surface area contributed by atoms with Gasteiger partial charge in [0.25, 0.3) is 0 Å². The molecule has 2 aliphatic heterocycles. The predicted octanol–water partition coefficient (Wildman–Crippen LogP) is 2.03. The molecule has 2 amide bonds. The fraction of sp³-hybridized carbons (Fsp3) is 0.600. The summed E-state index contributed by atoms with van der Waals surface area (Å²) in [6.45, 7) is 2.52. The van der Waals surface area contributed by atoms with E-state index in [2.05, 4.69) is 6.92 Å². The average molecular weight is 393 g/mol. The molecule has 0 aliphatic carbocycles. The summed E-state index contributed by atoms with van der Waals surface area (Å²) in [7, 11) is -1.39. The van der Waals surface area contributed by atoms with Crippen molar-refractivity contribution in [3.05, 3.63) is 29.8 Å². The lowest BCUT2D eigenvalue weighted by Crippen LogP contribution is -2.42. The van der Waals surface area contributed by atoms with Crippen LogP contribution in [-0.4, -0.2) is 56.3 Å². The zero-order valence-corrected chi connectivity index (χ0v) is 16.9. The molecule has 0 radical (unpaired) electrons. The summed E-state index contributed by atoms with van der Waals surface area (Å²) in [5.41, 5.74) is 2.07. The van der Waals surface area contributed by atoms with Crippen LogP contribution in [0.5, 0.6) is 0 Å². The normalized spacial score (nSPS) is 24.4. The lowest BCUT2D eigenvalue weighted by Gasteiger charge is -2.26. The maximum absolute atomic E-state index is 12.8. The topological polar surface area (TPSA) is 74.8 Å². The first kappa shape index (κ1) is 19.9. The van der Waals surface area contributed by atoms with Crippen LogP contribution in [-0.2, 0) is 25.8 Å². The first-order valence-electron chi connectivity index (χ1n) is 9.67. The van der Waals surface area contributed by atoms with E-state index in [-0.39, 0.29) is 35.8 Å². The van der Waals surface area contributed by atoms with E-state index in [0.717, 1.165) is 24.9 Å². The Morgan fingerprint density at radius 1 is 1.26 bits per heavy atom. The average Bonchev–Trinajstić information content (AvgIpc) is 3.21. The Bertz CT molecular complexity index is 804. The van der Waals surface area contributed by atoms with Gasteiger partial charge in [-0.1, -0.05) is 25.5 Å². The van der Waals surface area contributed by atoms with Crippen LogP contribution in [0.3, 0.4) is 0 Å². The molecular weight excluding hydrogens is 364 g/mol. The van der Waals surface area contributed by atoms with Gasteiger partial charge < -0.3 is 9.80 Å². The zero-order valence-electron chi connectivity index (χ0n) is 16.1. The van der Waals surface area contributed by atoms with E-state index < -0.39 is 15.8 Å². The molecule has 1 aromatic carbocycles. The van der Waals surface area contributed by atoms with Crippen molar-refractivity contribution < 1.29 is 18.0 Å². The molecule has 27 heavy (non-hydrogen) atoms. The van der Waals surface area contributed by atoms with E-state index in [4.69, 9.17) is 0 Å². The van der Waals surface area contributed by atoms with Crippen LogP contribution in [0, 0.1) is 5.92 Å². The summed E-state index contributed by atoms with van der Waals surface area (Å²) in [6.07, 6.45) is 3.98. The number of amides is 2. The van der Waals surface area contributed by atoms with Gasteiger partial charge in [0, 0.05) is 31.7 Å². The third-order valence-corrected chi connectivity index (χ3v) is 7.40. The van der Waals surface area contributed by atoms with Gasteiger partial charge in [0.2, 0.25) is 11.8 Å². The maximum Gasteiger partial charge on any atom is 0.228 e. The third kappa shape index (κ3) is 4.51. The second-order valence-electron chi connectivity index (χ2n) is 7.68. The highest BCUT2D eigenvalue weighted by Gasteiger charge is 2.40. The first-order chi connectivity index (χ1) is 12.8. The molecule has 0 spiro atoms.